The van der Waals surface area contributed by atoms with E-state index in [4.69, 9.17) is 28.4 Å². The summed E-state index contributed by atoms with van der Waals surface area (Å²) in [6.45, 7) is 3.58. The lowest BCUT2D eigenvalue weighted by Gasteiger charge is -2.42. The Bertz CT molecular complexity index is 1390. The number of aliphatic hydroxyl groups excluding tert-OH is 7. The van der Waals surface area contributed by atoms with Gasteiger partial charge in [-0.1, -0.05) is 210 Å². The van der Waals surface area contributed by atoms with E-state index in [0.29, 0.717) is 13.0 Å². The van der Waals surface area contributed by atoms with Crippen LogP contribution >= 0.6 is 0 Å². The molecule has 2 saturated heterocycles. The predicted octanol–water partition coefficient (Wildman–Crippen LogP) is 10.3. The van der Waals surface area contributed by atoms with Crippen LogP contribution in [0.2, 0.25) is 0 Å². The van der Waals surface area contributed by atoms with Gasteiger partial charge in [0, 0.05) is 13.0 Å². The molecule has 2 aliphatic rings. The van der Waals surface area contributed by atoms with Crippen molar-refractivity contribution in [3.05, 3.63) is 48.6 Å². The molecule has 0 aromatic rings. The minimum atomic E-state index is -1.71. The Labute approximate surface area is 442 Å². The van der Waals surface area contributed by atoms with E-state index in [-0.39, 0.29) is 25.6 Å². The number of carbonyl (C=O) groups is 1. The summed E-state index contributed by atoms with van der Waals surface area (Å²) in [7, 11) is 0. The molecule has 11 atom stereocenters. The highest BCUT2D eigenvalue weighted by Crippen LogP contribution is 2.27. The molecular weight excluding hydrogens is 933 g/mol. The third-order valence-electron chi connectivity index (χ3n) is 13.9. The predicted molar refractivity (Wildman–Crippen MR) is 289 cm³/mol. The maximum absolute atomic E-state index is 13.1. The third-order valence-corrected chi connectivity index (χ3v) is 13.9. The number of aliphatic hydroxyl groups is 7. The summed E-state index contributed by atoms with van der Waals surface area (Å²) in [4.78, 5) is 13.1. The van der Waals surface area contributed by atoms with Crippen LogP contribution in [0.5, 0.6) is 0 Å². The van der Waals surface area contributed by atoms with Crippen LogP contribution in [0.15, 0.2) is 48.6 Å². The second-order valence-electron chi connectivity index (χ2n) is 20.4. The van der Waals surface area contributed by atoms with Crippen molar-refractivity contribution in [3.8, 4) is 0 Å². The number of allylic oxidation sites excluding steroid dienone is 8. The minimum Gasteiger partial charge on any atom is -0.457 e. The van der Waals surface area contributed by atoms with Gasteiger partial charge >= 0.3 is 5.97 Å². The molecule has 0 aromatic carbocycles. The number of rotatable bonds is 47. The fraction of sp³-hybridized carbons (Fsp3) is 0.847. The summed E-state index contributed by atoms with van der Waals surface area (Å²) in [6.07, 6.45) is 38.8. The van der Waals surface area contributed by atoms with E-state index in [9.17, 15) is 40.5 Å². The molecule has 2 fully saturated rings. The molecule has 7 N–H and O–H groups in total. The zero-order chi connectivity index (χ0) is 53.0. The number of hydrogen-bond acceptors (Lipinski definition) is 14. The van der Waals surface area contributed by atoms with E-state index in [2.05, 4.69) is 62.5 Å². The zero-order valence-electron chi connectivity index (χ0n) is 45.6. The summed E-state index contributed by atoms with van der Waals surface area (Å²) < 4.78 is 34.4. The monoisotopic (exact) mass is 1040 g/mol. The van der Waals surface area contributed by atoms with Crippen molar-refractivity contribution in [1.29, 1.82) is 0 Å². The van der Waals surface area contributed by atoms with Crippen LogP contribution in [0.25, 0.3) is 0 Å². The molecule has 0 bridgehead atoms. The van der Waals surface area contributed by atoms with Crippen molar-refractivity contribution in [2.75, 3.05) is 33.0 Å². The molecule has 0 aliphatic carbocycles. The largest absolute Gasteiger partial charge is 0.457 e. The molecule has 2 aliphatic heterocycles. The molecule has 14 nitrogen and oxygen atoms in total. The maximum Gasteiger partial charge on any atom is 0.306 e. The van der Waals surface area contributed by atoms with E-state index >= 15 is 0 Å². The molecule has 0 aromatic heterocycles. The molecule has 426 valence electrons. The summed E-state index contributed by atoms with van der Waals surface area (Å²) in [6, 6.07) is 0. The molecule has 0 amide bonds. The molecule has 11 unspecified atom stereocenters. The summed E-state index contributed by atoms with van der Waals surface area (Å²) in [5.41, 5.74) is 0. The molecule has 2 rings (SSSR count). The van der Waals surface area contributed by atoms with Gasteiger partial charge in [0.25, 0.3) is 0 Å². The summed E-state index contributed by atoms with van der Waals surface area (Å²) in [5, 5.41) is 72.3. The van der Waals surface area contributed by atoms with Gasteiger partial charge in [0.1, 0.15) is 54.9 Å². The third kappa shape index (κ3) is 33.0. The lowest BCUT2D eigenvalue weighted by atomic mass is 9.98. The number of hydrogen-bond donors (Lipinski definition) is 7. The van der Waals surface area contributed by atoms with Gasteiger partial charge in [-0.3, -0.25) is 4.79 Å². The Morgan fingerprint density at radius 3 is 1.40 bits per heavy atom. The molecule has 73 heavy (non-hydrogen) atoms. The molecular formula is C59H106O14. The average Bonchev–Trinajstić information content (AvgIpc) is 3.39. The van der Waals surface area contributed by atoms with E-state index in [0.717, 1.165) is 70.6 Å². The van der Waals surface area contributed by atoms with Crippen LogP contribution in [-0.2, 0) is 33.2 Å². The quantitative estimate of drug-likeness (QED) is 0.0172. The normalized spacial score (nSPS) is 25.3. The molecule has 0 spiro atoms. The SMILES string of the molecule is CC/C=C\C/C=C\C/C=C\C/C=C\CCCCCCCCCOCC(COC1OC(COC2OC(CO)C(O)C(O)C2O)C(O)C(O)C1O)OC(=O)CCCCCCCCCCCCCCCCCCCCC. The highest BCUT2D eigenvalue weighted by atomic mass is 16.7. The van der Waals surface area contributed by atoms with E-state index in [1.165, 1.54) is 122 Å². The Kier molecular flexibility index (Phi) is 42.3. The first-order valence-electron chi connectivity index (χ1n) is 29.2. The van der Waals surface area contributed by atoms with Crippen molar-refractivity contribution in [1.82, 2.24) is 0 Å². The van der Waals surface area contributed by atoms with Crippen molar-refractivity contribution in [2.45, 2.75) is 287 Å². The standard InChI is InChI=1S/C59H106O14/c1-3-5-7-9-11-13-15-17-19-21-23-25-27-29-31-33-35-37-39-41-43-68-45-48(71-51(61)42-40-38-36-34-32-30-28-26-24-22-20-18-16-14-12-10-8-6-4-2)46-69-58-57(67)55(65)53(63)50(73-58)47-70-59-56(66)54(64)52(62)49(44-60)72-59/h5,7,11,13,17,19,23,25,48-50,52-60,62-67H,3-4,6,8-10,12,14-16,18,20-22,24,26-47H2,1-2H3/b7-5-,13-11-,19-17-,25-23-. The zero-order valence-corrected chi connectivity index (χ0v) is 45.6. The highest BCUT2D eigenvalue weighted by molar-refractivity contribution is 5.69. The molecule has 2 heterocycles. The second kappa shape index (κ2) is 46.1. The first kappa shape index (κ1) is 67.1. The van der Waals surface area contributed by atoms with Gasteiger partial charge in [-0.25, -0.2) is 0 Å². The van der Waals surface area contributed by atoms with Gasteiger partial charge in [0.2, 0.25) is 0 Å². The lowest BCUT2D eigenvalue weighted by molar-refractivity contribution is -0.332. The van der Waals surface area contributed by atoms with Gasteiger partial charge in [-0.2, -0.15) is 0 Å². The van der Waals surface area contributed by atoms with E-state index in [1.807, 2.05) is 0 Å². The Hall–Kier alpha value is -2.05. The Morgan fingerprint density at radius 2 is 0.890 bits per heavy atom. The van der Waals surface area contributed by atoms with Gasteiger partial charge < -0.3 is 64.2 Å². The summed E-state index contributed by atoms with van der Waals surface area (Å²) in [5.74, 6) is -0.377. The average molecular weight is 1040 g/mol. The van der Waals surface area contributed by atoms with Crippen LogP contribution in [0, 0.1) is 0 Å². The van der Waals surface area contributed by atoms with Crippen LogP contribution in [-0.4, -0.2) is 142 Å². The first-order chi connectivity index (χ1) is 35.6. The van der Waals surface area contributed by atoms with Gasteiger partial charge in [-0.05, 0) is 51.4 Å². The Balaban J connectivity index is 1.72. The number of carbonyl (C=O) groups excluding carboxylic acids is 1. The topological polar surface area (TPSA) is 214 Å². The maximum atomic E-state index is 13.1. The second-order valence-corrected chi connectivity index (χ2v) is 20.4. The van der Waals surface area contributed by atoms with Crippen molar-refractivity contribution >= 4 is 5.97 Å². The molecule has 0 saturated carbocycles. The minimum absolute atomic E-state index is 0.0554. The van der Waals surface area contributed by atoms with E-state index in [1.54, 1.807) is 0 Å². The fourth-order valence-corrected chi connectivity index (χ4v) is 9.16. The van der Waals surface area contributed by atoms with Crippen molar-refractivity contribution in [3.63, 3.8) is 0 Å². The number of esters is 1. The molecule has 0 radical (unpaired) electrons. The van der Waals surface area contributed by atoms with Crippen LogP contribution in [0.3, 0.4) is 0 Å². The smallest absolute Gasteiger partial charge is 0.306 e. The van der Waals surface area contributed by atoms with Crippen molar-refractivity contribution < 1.29 is 69.0 Å². The number of unbranched alkanes of at least 4 members (excludes halogenated alkanes) is 25. The van der Waals surface area contributed by atoms with Crippen molar-refractivity contribution in [2.24, 2.45) is 0 Å². The number of ether oxygens (including phenoxy) is 6. The molecule has 14 heteroatoms. The van der Waals surface area contributed by atoms with Gasteiger partial charge in [0.15, 0.2) is 12.6 Å². The van der Waals surface area contributed by atoms with Gasteiger partial charge in [-0.15, -0.1) is 0 Å². The van der Waals surface area contributed by atoms with E-state index < -0.39 is 80.7 Å². The van der Waals surface area contributed by atoms with Crippen LogP contribution < -0.4 is 0 Å². The summed E-state index contributed by atoms with van der Waals surface area (Å²) >= 11 is 0. The highest BCUT2D eigenvalue weighted by Gasteiger charge is 2.47. The first-order valence-corrected chi connectivity index (χ1v) is 29.2. The fourth-order valence-electron chi connectivity index (χ4n) is 9.16. The van der Waals surface area contributed by atoms with Gasteiger partial charge in [0.05, 0.1) is 26.4 Å². The van der Waals surface area contributed by atoms with Crippen LogP contribution in [0.1, 0.15) is 219 Å². The Morgan fingerprint density at radius 1 is 0.466 bits per heavy atom. The van der Waals surface area contributed by atoms with Crippen LogP contribution in [0.4, 0.5) is 0 Å². The lowest BCUT2D eigenvalue weighted by Crippen LogP contribution is -2.61.